The molecular weight excluding hydrogens is 518 g/mol. The molecule has 2 aromatic rings. The van der Waals surface area contributed by atoms with Crippen LogP contribution in [0.4, 0.5) is 0 Å². The van der Waals surface area contributed by atoms with Crippen LogP contribution in [0.1, 0.15) is 56.3 Å². The Morgan fingerprint density at radius 2 is 1.82 bits per heavy atom. The largest absolute Gasteiger partial charge is 0.497 e. The number of benzene rings is 1. The van der Waals surface area contributed by atoms with E-state index in [4.69, 9.17) is 26.1 Å². The van der Waals surface area contributed by atoms with E-state index in [1.807, 2.05) is 35.2 Å². The summed E-state index contributed by atoms with van der Waals surface area (Å²) >= 11 is 7.21. The zero-order chi connectivity index (χ0) is 26.4. The molecule has 5 aliphatic rings. The third-order valence-electron chi connectivity index (χ3n) is 8.93. The van der Waals surface area contributed by atoms with Gasteiger partial charge in [-0.2, -0.15) is 0 Å². The molecule has 1 aromatic heterocycles. The second-order valence-electron chi connectivity index (χ2n) is 11.2. The minimum Gasteiger partial charge on any atom is -0.497 e. The molecule has 4 bridgehead atoms. The van der Waals surface area contributed by atoms with Gasteiger partial charge in [0.1, 0.15) is 27.3 Å². The van der Waals surface area contributed by atoms with Crippen molar-refractivity contribution in [1.82, 2.24) is 4.90 Å². The van der Waals surface area contributed by atoms with Gasteiger partial charge in [-0.05, 0) is 98.8 Å². The van der Waals surface area contributed by atoms with Gasteiger partial charge in [-0.15, -0.1) is 0 Å². The SMILES string of the molecule is COc1ccc(-c2cc(CCCCO)c(/C=C3\SC(=S)N(C4C5CC6CC(C5)CC4C6)C3=O)o2)c(OC)c1. The summed E-state index contributed by atoms with van der Waals surface area (Å²) in [5.41, 5.74) is 1.82. The molecule has 1 N–H and O–H groups in total. The number of thiocarbonyl (C=S) groups is 1. The maximum Gasteiger partial charge on any atom is 0.266 e. The normalized spacial score (nSPS) is 29.1. The quantitative estimate of drug-likeness (QED) is 0.222. The Kier molecular flexibility index (Phi) is 7.31. The lowest BCUT2D eigenvalue weighted by atomic mass is 9.54. The fraction of sp³-hybridized carbons (Fsp3) is 0.533. The number of thioether (sulfide) groups is 1. The second kappa shape index (κ2) is 10.7. The first-order valence-corrected chi connectivity index (χ1v) is 14.9. The molecule has 38 heavy (non-hydrogen) atoms. The number of furan rings is 1. The van der Waals surface area contributed by atoms with Crippen LogP contribution in [0.2, 0.25) is 0 Å². The maximum absolute atomic E-state index is 13.8. The van der Waals surface area contributed by atoms with E-state index in [1.165, 1.54) is 43.9 Å². The molecule has 1 saturated heterocycles. The van der Waals surface area contributed by atoms with E-state index in [9.17, 15) is 9.90 Å². The molecule has 1 amide bonds. The molecule has 0 spiro atoms. The average molecular weight is 554 g/mol. The molecular formula is C30H35NO5S2. The topological polar surface area (TPSA) is 72.1 Å². The Morgan fingerprint density at radius 3 is 2.47 bits per heavy atom. The average Bonchev–Trinajstić information content (AvgIpc) is 3.43. The summed E-state index contributed by atoms with van der Waals surface area (Å²) in [4.78, 5) is 16.4. The van der Waals surface area contributed by atoms with Crippen molar-refractivity contribution in [1.29, 1.82) is 0 Å². The van der Waals surface area contributed by atoms with Crippen molar-refractivity contribution in [2.75, 3.05) is 20.8 Å². The van der Waals surface area contributed by atoms with E-state index < -0.39 is 0 Å². The molecule has 4 saturated carbocycles. The van der Waals surface area contributed by atoms with Gasteiger partial charge in [0.05, 0.1) is 24.7 Å². The zero-order valence-corrected chi connectivity index (χ0v) is 23.6. The fourth-order valence-electron chi connectivity index (χ4n) is 7.50. The summed E-state index contributed by atoms with van der Waals surface area (Å²) in [5.74, 6) is 5.58. The monoisotopic (exact) mass is 553 g/mol. The number of rotatable bonds is 9. The number of methoxy groups -OCH3 is 2. The predicted octanol–water partition coefficient (Wildman–Crippen LogP) is 6.30. The number of unbranched alkanes of at least 4 members (excludes halogenated alkanes) is 1. The summed E-state index contributed by atoms with van der Waals surface area (Å²) in [6, 6.07) is 7.90. The standard InChI is InChI=1S/C30H35NO5S2/c1-34-22-6-7-23(25(15-22)35-2)26-14-19(5-3-4-8-32)24(36-26)16-27-29(33)31(30(37)38-27)28-20-10-17-9-18(12-20)13-21(28)11-17/h6-7,14-18,20-21,28,32H,3-5,8-13H2,1-2H3/b27-16-. The minimum atomic E-state index is 0.0266. The number of carbonyl (C=O) groups excluding carboxylic acids is 1. The van der Waals surface area contributed by atoms with Gasteiger partial charge in [-0.1, -0.05) is 24.0 Å². The van der Waals surface area contributed by atoms with Crippen LogP contribution in [0.15, 0.2) is 33.6 Å². The lowest BCUT2D eigenvalue weighted by Crippen LogP contribution is -2.57. The Balaban J connectivity index is 1.31. The van der Waals surface area contributed by atoms with Crippen LogP contribution in [-0.4, -0.2) is 47.1 Å². The summed E-state index contributed by atoms with van der Waals surface area (Å²) < 4.78 is 18.0. The molecule has 6 nitrogen and oxygen atoms in total. The van der Waals surface area contributed by atoms with Crippen LogP contribution in [0, 0.1) is 23.7 Å². The third kappa shape index (κ3) is 4.69. The molecule has 1 aromatic carbocycles. The van der Waals surface area contributed by atoms with Crippen molar-refractivity contribution >= 4 is 40.3 Å². The first-order chi connectivity index (χ1) is 18.5. The number of amides is 1. The highest BCUT2D eigenvalue weighted by Crippen LogP contribution is 2.56. The molecule has 2 heterocycles. The van der Waals surface area contributed by atoms with Gasteiger partial charge in [-0.3, -0.25) is 9.69 Å². The maximum atomic E-state index is 13.8. The van der Waals surface area contributed by atoms with E-state index in [0.29, 0.717) is 50.5 Å². The predicted molar refractivity (Wildman–Crippen MR) is 153 cm³/mol. The molecule has 0 atom stereocenters. The van der Waals surface area contributed by atoms with E-state index in [-0.39, 0.29) is 18.6 Å². The molecule has 202 valence electrons. The lowest BCUT2D eigenvalue weighted by molar-refractivity contribution is -0.130. The first-order valence-electron chi connectivity index (χ1n) is 13.7. The molecule has 4 aliphatic carbocycles. The number of aryl methyl sites for hydroxylation is 1. The number of hydrogen-bond acceptors (Lipinski definition) is 7. The van der Waals surface area contributed by atoms with Crippen molar-refractivity contribution in [3.8, 4) is 22.8 Å². The van der Waals surface area contributed by atoms with Gasteiger partial charge in [0, 0.05) is 24.8 Å². The number of ether oxygens (including phenoxy) is 2. The number of carbonyl (C=O) groups is 1. The van der Waals surface area contributed by atoms with E-state index in [1.54, 1.807) is 14.2 Å². The second-order valence-corrected chi connectivity index (χ2v) is 12.9. The van der Waals surface area contributed by atoms with Crippen LogP contribution in [0.3, 0.4) is 0 Å². The number of aliphatic hydroxyl groups excluding tert-OH is 1. The highest BCUT2D eigenvalue weighted by Gasteiger charge is 2.53. The van der Waals surface area contributed by atoms with Crippen LogP contribution in [0.25, 0.3) is 17.4 Å². The zero-order valence-electron chi connectivity index (χ0n) is 22.0. The van der Waals surface area contributed by atoms with Crippen molar-refractivity contribution < 1.29 is 23.8 Å². The number of hydrogen-bond donors (Lipinski definition) is 1. The smallest absolute Gasteiger partial charge is 0.266 e. The molecule has 7 rings (SSSR count). The molecule has 0 unspecified atom stereocenters. The summed E-state index contributed by atoms with van der Waals surface area (Å²) in [7, 11) is 3.25. The molecule has 8 heteroatoms. The van der Waals surface area contributed by atoms with E-state index >= 15 is 0 Å². The van der Waals surface area contributed by atoms with Crippen LogP contribution in [0.5, 0.6) is 11.5 Å². The molecule has 0 radical (unpaired) electrons. The number of nitrogens with zero attached hydrogens (tertiary/aromatic N) is 1. The van der Waals surface area contributed by atoms with Crippen LogP contribution in [-0.2, 0) is 11.2 Å². The molecule has 5 fully saturated rings. The summed E-state index contributed by atoms with van der Waals surface area (Å²) in [6.07, 6.45) is 10.5. The van der Waals surface area contributed by atoms with Crippen LogP contribution < -0.4 is 9.47 Å². The summed E-state index contributed by atoms with van der Waals surface area (Å²) in [5, 5.41) is 9.32. The Morgan fingerprint density at radius 1 is 1.08 bits per heavy atom. The molecule has 1 aliphatic heterocycles. The van der Waals surface area contributed by atoms with Crippen molar-refractivity contribution in [3.63, 3.8) is 0 Å². The highest BCUT2D eigenvalue weighted by atomic mass is 32.2. The van der Waals surface area contributed by atoms with Gasteiger partial charge >= 0.3 is 0 Å². The Bertz CT molecular complexity index is 1240. The van der Waals surface area contributed by atoms with Crippen molar-refractivity contribution in [2.24, 2.45) is 23.7 Å². The van der Waals surface area contributed by atoms with Gasteiger partial charge in [0.25, 0.3) is 5.91 Å². The van der Waals surface area contributed by atoms with Gasteiger partial charge in [0.15, 0.2) is 0 Å². The van der Waals surface area contributed by atoms with Crippen molar-refractivity contribution in [3.05, 3.63) is 40.5 Å². The highest BCUT2D eigenvalue weighted by molar-refractivity contribution is 8.26. The number of aliphatic hydroxyl groups is 1. The third-order valence-corrected chi connectivity index (χ3v) is 10.3. The van der Waals surface area contributed by atoms with Crippen molar-refractivity contribution in [2.45, 2.75) is 57.4 Å². The lowest BCUT2D eigenvalue weighted by Gasteiger charge is -2.56. The van der Waals surface area contributed by atoms with Crippen LogP contribution >= 0.6 is 24.0 Å². The van der Waals surface area contributed by atoms with E-state index in [0.717, 1.165) is 35.8 Å². The first kappa shape index (κ1) is 26.0. The van der Waals surface area contributed by atoms with Gasteiger partial charge in [-0.25, -0.2) is 0 Å². The minimum absolute atomic E-state index is 0.0266. The summed E-state index contributed by atoms with van der Waals surface area (Å²) in [6.45, 7) is 0.149. The fourth-order valence-corrected chi connectivity index (χ4v) is 8.81. The Hall–Kier alpha value is -2.29. The van der Waals surface area contributed by atoms with Gasteiger partial charge in [0.2, 0.25) is 0 Å². The Labute approximate surface area is 233 Å². The van der Waals surface area contributed by atoms with E-state index in [2.05, 4.69) is 0 Å². The van der Waals surface area contributed by atoms with Gasteiger partial charge < -0.3 is 19.0 Å².